The molecule has 1 aromatic heterocycles. The number of nitrogens with two attached hydrogens (primary N) is 1. The van der Waals surface area contributed by atoms with Gasteiger partial charge in [0.05, 0.1) is 11.4 Å². The molecule has 0 radical (unpaired) electrons. The zero-order chi connectivity index (χ0) is 18.6. The normalized spacial score (nSPS) is 11.9. The van der Waals surface area contributed by atoms with E-state index in [1.165, 1.54) is 38.1 Å². The van der Waals surface area contributed by atoms with Gasteiger partial charge in [0, 0.05) is 0 Å². The second kappa shape index (κ2) is 7.60. The molecule has 8 nitrogen and oxygen atoms in total. The van der Waals surface area contributed by atoms with Gasteiger partial charge in [-0.3, -0.25) is 4.79 Å². The number of carbonyl (C=O) groups excluding carboxylic acids is 2. The Hall–Kier alpha value is -3.17. The maximum Gasteiger partial charge on any atom is 0.387 e. The first-order valence-electron chi connectivity index (χ1n) is 7.07. The molecule has 3 N–H and O–H groups in total. The van der Waals surface area contributed by atoms with Crippen LogP contribution in [0.2, 0.25) is 0 Å². The maximum absolute atomic E-state index is 12.4. The molecule has 1 aromatic carbocycles. The molecule has 0 aliphatic heterocycles. The minimum atomic E-state index is -3.05. The molecule has 10 heteroatoms. The number of hydrogen-bond donors (Lipinski definition) is 2. The molecule has 1 heterocycles. The highest BCUT2D eigenvalue weighted by Crippen LogP contribution is 2.26. The largest absolute Gasteiger partial charge is 0.449 e. The van der Waals surface area contributed by atoms with Gasteiger partial charge >= 0.3 is 12.6 Å². The van der Waals surface area contributed by atoms with Crippen molar-refractivity contribution in [1.82, 2.24) is 5.16 Å². The van der Waals surface area contributed by atoms with Gasteiger partial charge in [-0.05, 0) is 26.0 Å². The van der Waals surface area contributed by atoms with Gasteiger partial charge in [-0.25, -0.2) is 4.79 Å². The Morgan fingerprint density at radius 3 is 2.60 bits per heavy atom. The minimum absolute atomic E-state index is 0.0105. The van der Waals surface area contributed by atoms with Gasteiger partial charge in [-0.1, -0.05) is 17.3 Å². The average molecular weight is 355 g/mol. The molecule has 1 amide bonds. The van der Waals surface area contributed by atoms with Crippen molar-refractivity contribution >= 4 is 23.4 Å². The van der Waals surface area contributed by atoms with Crippen molar-refractivity contribution in [3.63, 3.8) is 0 Å². The zero-order valence-electron chi connectivity index (χ0n) is 13.3. The van der Waals surface area contributed by atoms with E-state index >= 15 is 0 Å². The van der Waals surface area contributed by atoms with E-state index in [0.717, 1.165) is 0 Å². The Balaban J connectivity index is 2.05. The van der Waals surface area contributed by atoms with Gasteiger partial charge in [0.25, 0.3) is 5.91 Å². The van der Waals surface area contributed by atoms with Crippen molar-refractivity contribution in [1.29, 1.82) is 0 Å². The third-order valence-corrected chi connectivity index (χ3v) is 3.11. The molecule has 0 aliphatic carbocycles. The van der Waals surface area contributed by atoms with E-state index in [9.17, 15) is 18.4 Å². The van der Waals surface area contributed by atoms with Crippen molar-refractivity contribution in [3.05, 3.63) is 35.5 Å². The van der Waals surface area contributed by atoms with Crippen molar-refractivity contribution in [2.45, 2.75) is 26.6 Å². The predicted molar refractivity (Wildman–Crippen MR) is 82.2 cm³/mol. The van der Waals surface area contributed by atoms with Crippen molar-refractivity contribution in [2.24, 2.45) is 0 Å². The molecule has 1 atom stereocenters. The lowest BCUT2D eigenvalue weighted by molar-refractivity contribution is -0.123. The quantitative estimate of drug-likeness (QED) is 0.764. The van der Waals surface area contributed by atoms with Crippen LogP contribution in [-0.2, 0) is 9.53 Å². The number of amides is 1. The predicted octanol–water partition coefficient (Wildman–Crippen LogP) is 2.35. The number of esters is 1. The van der Waals surface area contributed by atoms with Crippen LogP contribution in [0.3, 0.4) is 0 Å². The fourth-order valence-corrected chi connectivity index (χ4v) is 1.91. The van der Waals surface area contributed by atoms with Crippen LogP contribution in [0, 0.1) is 6.92 Å². The first-order chi connectivity index (χ1) is 11.8. The molecule has 25 heavy (non-hydrogen) atoms. The number of carbonyl (C=O) groups is 2. The summed E-state index contributed by atoms with van der Waals surface area (Å²) in [5.74, 6) is -2.09. The van der Waals surface area contributed by atoms with E-state index in [0.29, 0.717) is 0 Å². The number of aryl methyl sites for hydroxylation is 1. The van der Waals surface area contributed by atoms with Gasteiger partial charge in [-0.15, -0.1) is 0 Å². The summed E-state index contributed by atoms with van der Waals surface area (Å²) < 4.78 is 38.7. The highest BCUT2D eigenvalue weighted by atomic mass is 19.3. The Kier molecular flexibility index (Phi) is 5.52. The number of nitrogen functional groups attached to an aromatic ring is 1. The summed E-state index contributed by atoms with van der Waals surface area (Å²) in [5, 5.41) is 5.86. The van der Waals surface area contributed by atoms with Gasteiger partial charge in [-0.2, -0.15) is 8.78 Å². The summed E-state index contributed by atoms with van der Waals surface area (Å²) >= 11 is 0. The molecule has 0 saturated heterocycles. The highest BCUT2D eigenvalue weighted by Gasteiger charge is 2.25. The highest BCUT2D eigenvalue weighted by molar-refractivity contribution is 5.99. The topological polar surface area (TPSA) is 117 Å². The monoisotopic (exact) mass is 355 g/mol. The van der Waals surface area contributed by atoms with Crippen LogP contribution in [0.25, 0.3) is 0 Å². The SMILES string of the molecule is Cc1noc(N)c1C(=O)OC(C)C(=O)Nc1ccccc1OC(F)F. The van der Waals surface area contributed by atoms with E-state index < -0.39 is 24.6 Å². The number of benzene rings is 1. The van der Waals surface area contributed by atoms with Crippen LogP contribution in [0.15, 0.2) is 28.8 Å². The molecule has 0 fully saturated rings. The van der Waals surface area contributed by atoms with Crippen molar-refractivity contribution in [3.8, 4) is 5.75 Å². The first kappa shape index (κ1) is 18.2. The van der Waals surface area contributed by atoms with Gasteiger partial charge in [0.2, 0.25) is 5.88 Å². The standard InChI is InChI=1S/C15H15F2N3O5/c1-7-11(12(18)25-20-7)14(22)23-8(2)13(21)19-9-5-3-4-6-10(9)24-15(16)17/h3-6,8,15H,18H2,1-2H3,(H,19,21). The van der Waals surface area contributed by atoms with Crippen LogP contribution in [-0.4, -0.2) is 29.7 Å². The zero-order valence-corrected chi connectivity index (χ0v) is 13.3. The fraction of sp³-hybridized carbons (Fsp3) is 0.267. The molecule has 2 aromatic rings. The van der Waals surface area contributed by atoms with Crippen LogP contribution in [0.5, 0.6) is 5.75 Å². The molecule has 134 valence electrons. The average Bonchev–Trinajstić information content (AvgIpc) is 2.87. The lowest BCUT2D eigenvalue weighted by atomic mass is 10.2. The summed E-state index contributed by atoms with van der Waals surface area (Å²) in [6.07, 6.45) is -1.24. The minimum Gasteiger partial charge on any atom is -0.449 e. The number of nitrogens with one attached hydrogen (secondary N) is 1. The summed E-state index contributed by atoms with van der Waals surface area (Å²) in [4.78, 5) is 24.1. The second-order valence-corrected chi connectivity index (χ2v) is 4.92. The molecule has 0 aliphatic rings. The Morgan fingerprint density at radius 1 is 1.32 bits per heavy atom. The Bertz CT molecular complexity index is 759. The molecular weight excluding hydrogens is 340 g/mol. The number of anilines is 2. The summed E-state index contributed by atoms with van der Waals surface area (Å²) in [6.45, 7) is -0.255. The van der Waals surface area contributed by atoms with Crippen LogP contribution in [0.4, 0.5) is 20.4 Å². The number of ether oxygens (including phenoxy) is 2. The molecule has 2 rings (SSSR count). The number of aromatic nitrogens is 1. The molecule has 0 saturated carbocycles. The number of para-hydroxylation sites is 2. The second-order valence-electron chi connectivity index (χ2n) is 4.92. The van der Waals surface area contributed by atoms with Gasteiger partial charge < -0.3 is 25.0 Å². The van der Waals surface area contributed by atoms with E-state index in [1.54, 1.807) is 0 Å². The third kappa shape index (κ3) is 4.43. The van der Waals surface area contributed by atoms with Crippen LogP contribution >= 0.6 is 0 Å². The van der Waals surface area contributed by atoms with E-state index in [-0.39, 0.29) is 28.6 Å². The van der Waals surface area contributed by atoms with Crippen LogP contribution in [0.1, 0.15) is 23.0 Å². The van der Waals surface area contributed by atoms with Crippen LogP contribution < -0.4 is 15.8 Å². The number of hydrogen-bond acceptors (Lipinski definition) is 7. The first-order valence-corrected chi connectivity index (χ1v) is 7.07. The van der Waals surface area contributed by atoms with Crippen molar-refractivity contribution in [2.75, 3.05) is 11.1 Å². The molecule has 0 bridgehead atoms. The molecule has 0 spiro atoms. The van der Waals surface area contributed by atoms with Gasteiger partial charge in [0.1, 0.15) is 11.3 Å². The summed E-state index contributed by atoms with van der Waals surface area (Å²) in [5.41, 5.74) is 5.61. The Morgan fingerprint density at radius 2 is 2.00 bits per heavy atom. The molecular formula is C15H15F2N3O5. The summed E-state index contributed by atoms with van der Waals surface area (Å²) in [7, 11) is 0. The number of nitrogens with zero attached hydrogens (tertiary/aromatic N) is 1. The van der Waals surface area contributed by atoms with E-state index in [2.05, 4.69) is 19.7 Å². The Labute approximate surface area is 140 Å². The van der Waals surface area contributed by atoms with Crippen molar-refractivity contribution < 1.29 is 32.4 Å². The number of rotatable bonds is 6. The summed E-state index contributed by atoms with van der Waals surface area (Å²) in [6, 6.07) is 5.62. The smallest absolute Gasteiger partial charge is 0.387 e. The van der Waals surface area contributed by atoms with Gasteiger partial charge in [0.15, 0.2) is 6.10 Å². The third-order valence-electron chi connectivity index (χ3n) is 3.11. The number of alkyl halides is 2. The number of halogens is 2. The maximum atomic E-state index is 12.4. The molecule has 1 unspecified atom stereocenters. The van der Waals surface area contributed by atoms with E-state index in [4.69, 9.17) is 10.5 Å². The van der Waals surface area contributed by atoms with E-state index in [1.807, 2.05) is 0 Å². The lowest BCUT2D eigenvalue weighted by Crippen LogP contribution is -2.30. The fourth-order valence-electron chi connectivity index (χ4n) is 1.91. The lowest BCUT2D eigenvalue weighted by Gasteiger charge is -2.15.